The molecule has 22 heavy (non-hydrogen) atoms. The summed E-state index contributed by atoms with van der Waals surface area (Å²) in [6, 6.07) is 3.36. The second-order valence-electron chi connectivity index (χ2n) is 6.76. The van der Waals surface area contributed by atoms with Gasteiger partial charge in [0.2, 0.25) is 0 Å². The molecule has 120 valence electrons. The van der Waals surface area contributed by atoms with Crippen molar-refractivity contribution in [3.05, 3.63) is 34.9 Å². The van der Waals surface area contributed by atoms with Crippen LogP contribution < -0.4 is 4.74 Å². The molecule has 0 aromatic heterocycles. The smallest absolute Gasteiger partial charge is 0.412 e. The Balaban J connectivity index is 2.18. The Kier molecular flexibility index (Phi) is 3.24. The molecule has 0 fully saturated rings. The van der Waals surface area contributed by atoms with E-state index in [9.17, 15) is 18.3 Å². The summed E-state index contributed by atoms with van der Waals surface area (Å²) in [5.74, 6) is -0.0481. The first kappa shape index (κ1) is 15.3. The SMILES string of the molecule is Cc1cc(O)c2c(c1)OC(C)(C)[C@@H]1CCC(C(F)(F)F)=C[C@@H]21. The standard InChI is InChI=1S/C17H19F3O2/c1-9-6-13(21)15-11-8-10(17(18,19)20)4-5-12(11)16(2,3)22-14(15)7-9/h6-8,11-12,21H,4-5H2,1-3H3/t11-,12-/m1/s1. The number of ether oxygens (including phenoxy) is 1. The van der Waals surface area contributed by atoms with Gasteiger partial charge in [-0.2, -0.15) is 13.2 Å². The van der Waals surface area contributed by atoms with Crippen LogP contribution in [-0.2, 0) is 0 Å². The Labute approximate surface area is 127 Å². The number of hydrogen-bond donors (Lipinski definition) is 1. The molecule has 1 aliphatic heterocycles. The minimum atomic E-state index is -4.31. The summed E-state index contributed by atoms with van der Waals surface area (Å²) in [4.78, 5) is 0. The quantitative estimate of drug-likeness (QED) is 0.694. The van der Waals surface area contributed by atoms with Crippen LogP contribution in [0.5, 0.6) is 11.5 Å². The van der Waals surface area contributed by atoms with E-state index in [0.717, 1.165) is 5.56 Å². The summed E-state index contributed by atoms with van der Waals surface area (Å²) >= 11 is 0. The van der Waals surface area contributed by atoms with Crippen molar-refractivity contribution in [2.24, 2.45) is 5.92 Å². The van der Waals surface area contributed by atoms with Gasteiger partial charge in [-0.1, -0.05) is 6.08 Å². The zero-order valence-corrected chi connectivity index (χ0v) is 12.8. The van der Waals surface area contributed by atoms with Crippen molar-refractivity contribution in [3.63, 3.8) is 0 Å². The number of aryl methyl sites for hydroxylation is 1. The molecular weight excluding hydrogens is 293 g/mol. The van der Waals surface area contributed by atoms with E-state index in [1.165, 1.54) is 6.08 Å². The van der Waals surface area contributed by atoms with Crippen LogP contribution in [0, 0.1) is 12.8 Å². The van der Waals surface area contributed by atoms with Gasteiger partial charge >= 0.3 is 6.18 Å². The average Bonchev–Trinajstić information content (AvgIpc) is 2.35. The van der Waals surface area contributed by atoms with E-state index in [1.807, 2.05) is 20.8 Å². The summed E-state index contributed by atoms with van der Waals surface area (Å²) in [5, 5.41) is 10.2. The van der Waals surface area contributed by atoms with Gasteiger partial charge in [-0.05, 0) is 51.3 Å². The van der Waals surface area contributed by atoms with Gasteiger partial charge in [-0.3, -0.25) is 0 Å². The zero-order chi connectivity index (χ0) is 16.3. The molecule has 0 saturated heterocycles. The van der Waals surface area contributed by atoms with E-state index in [2.05, 4.69) is 0 Å². The van der Waals surface area contributed by atoms with Gasteiger partial charge in [0.05, 0.1) is 0 Å². The maximum absolute atomic E-state index is 13.1. The van der Waals surface area contributed by atoms with E-state index in [0.29, 0.717) is 17.7 Å². The van der Waals surface area contributed by atoms with Crippen molar-refractivity contribution in [1.29, 1.82) is 0 Å². The molecule has 1 aliphatic carbocycles. The molecule has 0 saturated carbocycles. The van der Waals surface area contributed by atoms with Crippen LogP contribution >= 0.6 is 0 Å². The van der Waals surface area contributed by atoms with Crippen molar-refractivity contribution >= 4 is 0 Å². The second-order valence-corrected chi connectivity index (χ2v) is 6.76. The maximum atomic E-state index is 13.1. The van der Waals surface area contributed by atoms with Gasteiger partial charge in [0.1, 0.15) is 17.1 Å². The minimum absolute atomic E-state index is 0.000582. The lowest BCUT2D eigenvalue weighted by molar-refractivity contribution is -0.0984. The van der Waals surface area contributed by atoms with Crippen molar-refractivity contribution < 1.29 is 23.0 Å². The molecule has 1 N–H and O–H groups in total. The van der Waals surface area contributed by atoms with Crippen LogP contribution in [0.15, 0.2) is 23.8 Å². The molecule has 0 amide bonds. The van der Waals surface area contributed by atoms with Crippen molar-refractivity contribution in [2.45, 2.75) is 51.3 Å². The lowest BCUT2D eigenvalue weighted by Crippen LogP contribution is -2.45. The van der Waals surface area contributed by atoms with Gasteiger partial charge < -0.3 is 9.84 Å². The lowest BCUT2D eigenvalue weighted by atomic mass is 9.67. The molecule has 0 unspecified atom stereocenters. The predicted octanol–water partition coefficient (Wildman–Crippen LogP) is 4.85. The fraction of sp³-hybridized carbons (Fsp3) is 0.529. The molecule has 0 bridgehead atoms. The number of benzene rings is 1. The van der Waals surface area contributed by atoms with E-state index >= 15 is 0 Å². The van der Waals surface area contributed by atoms with Crippen LogP contribution in [0.4, 0.5) is 13.2 Å². The number of phenols is 1. The van der Waals surface area contributed by atoms with Gasteiger partial charge in [0.25, 0.3) is 0 Å². The Morgan fingerprint density at radius 1 is 1.27 bits per heavy atom. The van der Waals surface area contributed by atoms with Crippen LogP contribution in [0.2, 0.25) is 0 Å². The van der Waals surface area contributed by atoms with Crippen LogP contribution in [0.3, 0.4) is 0 Å². The maximum Gasteiger partial charge on any atom is 0.412 e. The van der Waals surface area contributed by atoms with Gasteiger partial charge in [0, 0.05) is 23.0 Å². The molecular formula is C17H19F3O2. The number of aromatic hydroxyl groups is 1. The van der Waals surface area contributed by atoms with Crippen LogP contribution in [0.25, 0.3) is 0 Å². The van der Waals surface area contributed by atoms with E-state index < -0.39 is 23.3 Å². The Morgan fingerprint density at radius 2 is 1.95 bits per heavy atom. The molecule has 2 atom stereocenters. The van der Waals surface area contributed by atoms with Crippen LogP contribution in [-0.4, -0.2) is 16.9 Å². The number of alkyl halides is 3. The number of fused-ring (bicyclic) bond motifs is 3. The molecule has 5 heteroatoms. The Bertz CT molecular complexity index is 644. The fourth-order valence-electron chi connectivity index (χ4n) is 3.73. The number of rotatable bonds is 0. The minimum Gasteiger partial charge on any atom is -0.507 e. The highest BCUT2D eigenvalue weighted by molar-refractivity contribution is 5.53. The number of phenolic OH excluding ortho intramolecular Hbond substituents is 1. The normalized spacial score (nSPS) is 26.5. The highest BCUT2D eigenvalue weighted by atomic mass is 19.4. The van der Waals surface area contributed by atoms with Crippen molar-refractivity contribution in [2.75, 3.05) is 0 Å². The first-order chi connectivity index (χ1) is 10.1. The molecule has 1 aromatic rings. The Hall–Kier alpha value is -1.65. The van der Waals surface area contributed by atoms with E-state index in [1.54, 1.807) is 12.1 Å². The second kappa shape index (κ2) is 4.67. The van der Waals surface area contributed by atoms with Gasteiger partial charge in [-0.15, -0.1) is 0 Å². The highest BCUT2D eigenvalue weighted by Crippen LogP contribution is 2.54. The molecule has 2 nitrogen and oxygen atoms in total. The number of allylic oxidation sites excluding steroid dienone is 2. The molecule has 0 radical (unpaired) electrons. The summed E-state index contributed by atoms with van der Waals surface area (Å²) in [5.41, 5.74) is 0.237. The third kappa shape index (κ3) is 2.36. The van der Waals surface area contributed by atoms with Gasteiger partial charge in [0.15, 0.2) is 0 Å². The highest BCUT2D eigenvalue weighted by Gasteiger charge is 2.48. The fourth-order valence-corrected chi connectivity index (χ4v) is 3.73. The summed E-state index contributed by atoms with van der Waals surface area (Å²) in [7, 11) is 0. The van der Waals surface area contributed by atoms with Crippen LogP contribution in [0.1, 0.15) is 43.7 Å². The molecule has 1 heterocycles. The van der Waals surface area contributed by atoms with Gasteiger partial charge in [-0.25, -0.2) is 0 Å². The van der Waals surface area contributed by atoms with E-state index in [4.69, 9.17) is 4.74 Å². The van der Waals surface area contributed by atoms with Crippen molar-refractivity contribution in [3.8, 4) is 11.5 Å². The average molecular weight is 312 g/mol. The first-order valence-electron chi connectivity index (χ1n) is 7.40. The molecule has 1 aromatic carbocycles. The summed E-state index contributed by atoms with van der Waals surface area (Å²) < 4.78 is 45.2. The third-order valence-corrected chi connectivity index (χ3v) is 4.77. The topological polar surface area (TPSA) is 29.5 Å². The molecule has 2 aliphatic rings. The first-order valence-corrected chi connectivity index (χ1v) is 7.40. The third-order valence-electron chi connectivity index (χ3n) is 4.77. The largest absolute Gasteiger partial charge is 0.507 e. The monoisotopic (exact) mass is 312 g/mol. The summed E-state index contributed by atoms with van der Waals surface area (Å²) in [6.07, 6.45) is -2.63. The lowest BCUT2D eigenvalue weighted by Gasteiger charge is -2.46. The molecule has 0 spiro atoms. The summed E-state index contributed by atoms with van der Waals surface area (Å²) in [6.45, 7) is 5.62. The molecule has 3 rings (SSSR count). The number of halogens is 3. The van der Waals surface area contributed by atoms with Crippen molar-refractivity contribution in [1.82, 2.24) is 0 Å². The number of hydrogen-bond acceptors (Lipinski definition) is 2. The predicted molar refractivity (Wildman–Crippen MR) is 77.2 cm³/mol. The Morgan fingerprint density at radius 3 is 2.59 bits per heavy atom. The van der Waals surface area contributed by atoms with E-state index in [-0.39, 0.29) is 18.1 Å². The zero-order valence-electron chi connectivity index (χ0n) is 12.8.